The van der Waals surface area contributed by atoms with Gasteiger partial charge in [0, 0.05) is 17.7 Å². The molecule has 5 nitrogen and oxygen atoms in total. The summed E-state index contributed by atoms with van der Waals surface area (Å²) in [6, 6.07) is 14.0. The number of unbranched alkanes of at least 4 members (excludes halogenated alkanes) is 1. The van der Waals surface area contributed by atoms with Crippen LogP contribution in [0.25, 0.3) is 22.5 Å². The first-order valence-electron chi connectivity index (χ1n) is 9.13. The molecule has 0 bridgehead atoms. The van der Waals surface area contributed by atoms with Crippen LogP contribution in [0, 0.1) is 0 Å². The zero-order valence-electron chi connectivity index (χ0n) is 16.4. The average molecular weight is 366 g/mol. The molecule has 0 spiro atoms. The van der Waals surface area contributed by atoms with E-state index >= 15 is 0 Å². The van der Waals surface area contributed by atoms with Gasteiger partial charge in [-0.15, -0.1) is 0 Å². The number of methoxy groups -OCH3 is 3. The third kappa shape index (κ3) is 3.92. The highest BCUT2D eigenvalue weighted by Crippen LogP contribution is 2.37. The van der Waals surface area contributed by atoms with Crippen molar-refractivity contribution in [3.8, 4) is 39.8 Å². The molecule has 2 aromatic carbocycles. The lowest BCUT2D eigenvalue weighted by Crippen LogP contribution is -2.00. The standard InChI is InChI=1S/C22H26N2O3/c1-5-6-13-24-15-23-21(16-7-10-18(25-2)11-8-16)22(24)17-9-12-19(26-3)20(14-17)27-4/h7-12,14-15H,5-6,13H2,1-4H3. The van der Waals surface area contributed by atoms with E-state index in [0.29, 0.717) is 11.5 Å². The molecule has 0 atom stereocenters. The number of hydrogen-bond acceptors (Lipinski definition) is 4. The van der Waals surface area contributed by atoms with Gasteiger partial charge in [0.15, 0.2) is 11.5 Å². The molecule has 0 N–H and O–H groups in total. The summed E-state index contributed by atoms with van der Waals surface area (Å²) in [7, 11) is 4.97. The van der Waals surface area contributed by atoms with Crippen LogP contribution in [-0.2, 0) is 6.54 Å². The molecule has 142 valence electrons. The lowest BCUT2D eigenvalue weighted by molar-refractivity contribution is 0.355. The summed E-state index contributed by atoms with van der Waals surface area (Å²) in [5.74, 6) is 2.25. The molecule has 0 aliphatic heterocycles. The number of imidazole rings is 1. The predicted octanol–water partition coefficient (Wildman–Crippen LogP) is 5.04. The monoisotopic (exact) mass is 366 g/mol. The second kappa shape index (κ2) is 8.62. The lowest BCUT2D eigenvalue weighted by atomic mass is 10.0. The number of aromatic nitrogens is 2. The first-order valence-corrected chi connectivity index (χ1v) is 9.13. The zero-order chi connectivity index (χ0) is 19.2. The molecule has 1 heterocycles. The first-order chi connectivity index (χ1) is 13.2. The molecule has 3 aromatic rings. The van der Waals surface area contributed by atoms with E-state index in [9.17, 15) is 0 Å². The Balaban J connectivity index is 2.12. The second-order valence-corrected chi connectivity index (χ2v) is 6.29. The predicted molar refractivity (Wildman–Crippen MR) is 108 cm³/mol. The van der Waals surface area contributed by atoms with E-state index in [-0.39, 0.29) is 0 Å². The van der Waals surface area contributed by atoms with Crippen LogP contribution in [0.4, 0.5) is 0 Å². The molecule has 0 radical (unpaired) electrons. The van der Waals surface area contributed by atoms with Crippen molar-refractivity contribution in [2.24, 2.45) is 0 Å². The molecule has 0 fully saturated rings. The van der Waals surface area contributed by atoms with Gasteiger partial charge < -0.3 is 18.8 Å². The molecule has 1 aromatic heterocycles. The van der Waals surface area contributed by atoms with Gasteiger partial charge in [0.05, 0.1) is 39.0 Å². The Kier molecular flexibility index (Phi) is 6.01. The highest BCUT2D eigenvalue weighted by Gasteiger charge is 2.17. The summed E-state index contributed by atoms with van der Waals surface area (Å²) >= 11 is 0. The van der Waals surface area contributed by atoms with Crippen LogP contribution in [0.2, 0.25) is 0 Å². The van der Waals surface area contributed by atoms with Gasteiger partial charge in [0.1, 0.15) is 5.75 Å². The molecule has 5 heteroatoms. The summed E-state index contributed by atoms with van der Waals surface area (Å²) < 4.78 is 18.4. The summed E-state index contributed by atoms with van der Waals surface area (Å²) in [6.45, 7) is 3.11. The van der Waals surface area contributed by atoms with E-state index in [1.54, 1.807) is 21.3 Å². The fourth-order valence-electron chi connectivity index (χ4n) is 3.13. The Labute approximate surface area is 160 Å². The van der Waals surface area contributed by atoms with E-state index in [4.69, 9.17) is 19.2 Å². The second-order valence-electron chi connectivity index (χ2n) is 6.29. The van der Waals surface area contributed by atoms with Crippen molar-refractivity contribution in [1.82, 2.24) is 9.55 Å². The minimum absolute atomic E-state index is 0.707. The Morgan fingerprint density at radius 2 is 1.56 bits per heavy atom. The molecule has 0 saturated heterocycles. The van der Waals surface area contributed by atoms with Crippen molar-refractivity contribution in [2.75, 3.05) is 21.3 Å². The van der Waals surface area contributed by atoms with E-state index in [0.717, 1.165) is 47.7 Å². The molecular formula is C22H26N2O3. The van der Waals surface area contributed by atoms with Crippen molar-refractivity contribution in [3.05, 3.63) is 48.8 Å². The van der Waals surface area contributed by atoms with Crippen molar-refractivity contribution < 1.29 is 14.2 Å². The maximum Gasteiger partial charge on any atom is 0.161 e. The highest BCUT2D eigenvalue weighted by molar-refractivity contribution is 5.80. The Bertz CT molecular complexity index is 885. The van der Waals surface area contributed by atoms with Gasteiger partial charge in [0.25, 0.3) is 0 Å². The number of ether oxygens (including phenoxy) is 3. The summed E-state index contributed by atoms with van der Waals surface area (Å²) in [5.41, 5.74) is 4.12. The van der Waals surface area contributed by atoms with E-state index in [1.807, 2.05) is 48.8 Å². The molecule has 0 amide bonds. The lowest BCUT2D eigenvalue weighted by Gasteiger charge is -2.13. The van der Waals surface area contributed by atoms with Crippen LogP contribution in [0.15, 0.2) is 48.8 Å². The van der Waals surface area contributed by atoms with Crippen LogP contribution in [0.1, 0.15) is 19.8 Å². The van der Waals surface area contributed by atoms with Gasteiger partial charge in [-0.05, 0) is 48.9 Å². The summed E-state index contributed by atoms with van der Waals surface area (Å²) in [6.07, 6.45) is 4.14. The van der Waals surface area contributed by atoms with Gasteiger partial charge in [-0.1, -0.05) is 13.3 Å². The summed E-state index contributed by atoms with van der Waals surface area (Å²) in [4.78, 5) is 4.72. The maximum atomic E-state index is 5.50. The smallest absolute Gasteiger partial charge is 0.161 e. The molecule has 0 saturated carbocycles. The molecular weight excluding hydrogens is 340 g/mol. The molecule has 27 heavy (non-hydrogen) atoms. The zero-order valence-corrected chi connectivity index (χ0v) is 16.4. The number of hydrogen-bond donors (Lipinski definition) is 0. The van der Waals surface area contributed by atoms with Crippen molar-refractivity contribution >= 4 is 0 Å². The van der Waals surface area contributed by atoms with Crippen LogP contribution >= 0.6 is 0 Å². The van der Waals surface area contributed by atoms with Crippen molar-refractivity contribution in [3.63, 3.8) is 0 Å². The Morgan fingerprint density at radius 1 is 0.852 bits per heavy atom. The molecule has 0 aliphatic rings. The van der Waals surface area contributed by atoms with Crippen molar-refractivity contribution in [1.29, 1.82) is 0 Å². The maximum absolute atomic E-state index is 5.50. The fourth-order valence-corrected chi connectivity index (χ4v) is 3.13. The van der Waals surface area contributed by atoms with Gasteiger partial charge >= 0.3 is 0 Å². The normalized spacial score (nSPS) is 10.7. The number of nitrogens with zero attached hydrogens (tertiary/aromatic N) is 2. The fraction of sp³-hybridized carbons (Fsp3) is 0.318. The van der Waals surface area contributed by atoms with Crippen LogP contribution in [0.3, 0.4) is 0 Å². The topological polar surface area (TPSA) is 45.5 Å². The molecule has 3 rings (SSSR count). The van der Waals surface area contributed by atoms with Gasteiger partial charge in [-0.2, -0.15) is 0 Å². The van der Waals surface area contributed by atoms with Crippen LogP contribution < -0.4 is 14.2 Å². The van der Waals surface area contributed by atoms with Gasteiger partial charge in [0.2, 0.25) is 0 Å². The largest absolute Gasteiger partial charge is 0.497 e. The molecule has 0 aliphatic carbocycles. The minimum atomic E-state index is 0.707. The van der Waals surface area contributed by atoms with E-state index in [1.165, 1.54) is 0 Å². The third-order valence-electron chi connectivity index (χ3n) is 4.61. The third-order valence-corrected chi connectivity index (χ3v) is 4.61. The van der Waals surface area contributed by atoms with Crippen LogP contribution in [-0.4, -0.2) is 30.9 Å². The minimum Gasteiger partial charge on any atom is -0.497 e. The number of benzene rings is 2. The van der Waals surface area contributed by atoms with E-state index < -0.39 is 0 Å². The summed E-state index contributed by atoms with van der Waals surface area (Å²) in [5, 5.41) is 0. The van der Waals surface area contributed by atoms with Gasteiger partial charge in [-0.25, -0.2) is 4.98 Å². The quantitative estimate of drug-likeness (QED) is 0.560. The van der Waals surface area contributed by atoms with Gasteiger partial charge in [-0.3, -0.25) is 0 Å². The van der Waals surface area contributed by atoms with Crippen LogP contribution in [0.5, 0.6) is 17.2 Å². The number of aryl methyl sites for hydroxylation is 1. The molecule has 0 unspecified atom stereocenters. The highest BCUT2D eigenvalue weighted by atomic mass is 16.5. The van der Waals surface area contributed by atoms with E-state index in [2.05, 4.69) is 11.5 Å². The number of rotatable bonds is 8. The average Bonchev–Trinajstić information content (AvgIpc) is 3.15. The Hall–Kier alpha value is -2.95. The SMILES string of the molecule is CCCCn1cnc(-c2ccc(OC)cc2)c1-c1ccc(OC)c(OC)c1. The van der Waals surface area contributed by atoms with Crippen molar-refractivity contribution in [2.45, 2.75) is 26.3 Å². The Morgan fingerprint density at radius 3 is 2.19 bits per heavy atom. The first kappa shape index (κ1) is 18.8.